The number of hydrogen-bond donors (Lipinski definition) is 0. The first-order valence-electron chi connectivity index (χ1n) is 9.03. The number of nitro groups is 1. The van der Waals surface area contributed by atoms with Crippen LogP contribution in [0.4, 0.5) is 0 Å². The minimum Gasteiger partial charge on any atom is -0.494 e. The molecule has 0 atom stereocenters. The van der Waals surface area contributed by atoms with Crippen molar-refractivity contribution in [2.45, 2.75) is 13.8 Å². The van der Waals surface area contributed by atoms with Gasteiger partial charge >= 0.3 is 0 Å². The second-order valence-corrected chi connectivity index (χ2v) is 5.90. The highest BCUT2D eigenvalue weighted by Gasteiger charge is 2.16. The van der Waals surface area contributed by atoms with E-state index in [1.807, 2.05) is 38.1 Å². The first-order valence-corrected chi connectivity index (χ1v) is 9.03. The Bertz CT molecular complexity index is 955. The molecular weight excluding hydrogens is 358 g/mol. The summed E-state index contributed by atoms with van der Waals surface area (Å²) in [6.07, 6.45) is 1.42. The molecular formula is C22H21NO5. The van der Waals surface area contributed by atoms with Crippen LogP contribution in [0.15, 0.2) is 65.1 Å². The summed E-state index contributed by atoms with van der Waals surface area (Å²) in [5.41, 5.74) is 1.30. The maximum atomic E-state index is 11.5. The van der Waals surface area contributed by atoms with Crippen LogP contribution in [0.3, 0.4) is 0 Å². The summed E-state index contributed by atoms with van der Waals surface area (Å²) in [4.78, 5) is 11.1. The summed E-state index contributed by atoms with van der Waals surface area (Å²) in [5.74, 6) is 2.49. The Balaban J connectivity index is 1.85. The van der Waals surface area contributed by atoms with Crippen LogP contribution in [0.2, 0.25) is 0 Å². The lowest BCUT2D eigenvalue weighted by Gasteiger charge is -2.04. The third-order valence-corrected chi connectivity index (χ3v) is 4.01. The fourth-order valence-electron chi connectivity index (χ4n) is 2.73. The third kappa shape index (κ3) is 4.59. The van der Waals surface area contributed by atoms with Crippen molar-refractivity contribution in [3.63, 3.8) is 0 Å². The average Bonchev–Trinajstić information content (AvgIpc) is 3.16. The quantitative estimate of drug-likeness (QED) is 0.380. The van der Waals surface area contributed by atoms with Crippen molar-refractivity contribution in [2.24, 2.45) is 0 Å². The molecule has 144 valence electrons. The summed E-state index contributed by atoms with van der Waals surface area (Å²) < 4.78 is 16.6. The fraction of sp³-hybridized carbons (Fsp3) is 0.182. The van der Waals surface area contributed by atoms with Crippen LogP contribution < -0.4 is 9.47 Å². The minimum absolute atomic E-state index is 0.0457. The molecule has 0 aliphatic rings. The lowest BCUT2D eigenvalue weighted by Crippen LogP contribution is -1.98. The molecule has 1 heterocycles. The van der Waals surface area contributed by atoms with Crippen LogP contribution in [0.1, 0.15) is 25.2 Å². The van der Waals surface area contributed by atoms with Gasteiger partial charge in [0.05, 0.1) is 29.8 Å². The summed E-state index contributed by atoms with van der Waals surface area (Å²) in [6, 6.07) is 17.7. The topological polar surface area (TPSA) is 74.7 Å². The summed E-state index contributed by atoms with van der Waals surface area (Å²) in [7, 11) is 0. The van der Waals surface area contributed by atoms with Gasteiger partial charge in [0.1, 0.15) is 23.0 Å². The van der Waals surface area contributed by atoms with Gasteiger partial charge in [-0.05, 0) is 74.5 Å². The van der Waals surface area contributed by atoms with Crippen molar-refractivity contribution in [3.05, 3.63) is 82.1 Å². The normalized spacial score (nSPS) is 11.3. The largest absolute Gasteiger partial charge is 0.494 e. The van der Waals surface area contributed by atoms with Gasteiger partial charge < -0.3 is 13.9 Å². The Morgan fingerprint density at radius 1 is 0.929 bits per heavy atom. The Kier molecular flexibility index (Phi) is 6.11. The van der Waals surface area contributed by atoms with Crippen molar-refractivity contribution in [1.29, 1.82) is 0 Å². The van der Waals surface area contributed by atoms with Crippen LogP contribution in [-0.2, 0) is 0 Å². The molecule has 3 rings (SSSR count). The highest BCUT2D eigenvalue weighted by Crippen LogP contribution is 2.27. The number of benzene rings is 2. The van der Waals surface area contributed by atoms with Gasteiger partial charge in [-0.15, -0.1) is 0 Å². The van der Waals surface area contributed by atoms with E-state index in [9.17, 15) is 10.1 Å². The number of hydrogen-bond acceptors (Lipinski definition) is 5. The molecule has 2 aromatic carbocycles. The second kappa shape index (κ2) is 8.90. The molecule has 0 radical (unpaired) electrons. The summed E-state index contributed by atoms with van der Waals surface area (Å²) >= 11 is 0. The molecule has 0 aliphatic heterocycles. The first-order chi connectivity index (χ1) is 13.6. The van der Waals surface area contributed by atoms with Crippen molar-refractivity contribution >= 4 is 11.8 Å². The zero-order chi connectivity index (χ0) is 19.9. The van der Waals surface area contributed by atoms with Crippen molar-refractivity contribution in [2.75, 3.05) is 13.2 Å². The molecule has 0 saturated heterocycles. The van der Waals surface area contributed by atoms with Gasteiger partial charge in [0, 0.05) is 5.56 Å². The van der Waals surface area contributed by atoms with Crippen LogP contribution in [0.5, 0.6) is 11.5 Å². The predicted octanol–water partition coefficient (Wildman–Crippen LogP) is 5.52. The van der Waals surface area contributed by atoms with Crippen molar-refractivity contribution in [1.82, 2.24) is 0 Å². The van der Waals surface area contributed by atoms with Crippen LogP contribution in [-0.4, -0.2) is 18.1 Å². The van der Waals surface area contributed by atoms with Gasteiger partial charge in [0.25, 0.3) is 5.70 Å². The van der Waals surface area contributed by atoms with E-state index in [1.54, 1.807) is 36.4 Å². The maximum Gasteiger partial charge on any atom is 0.280 e. The molecule has 0 bridgehead atoms. The molecule has 3 aromatic rings. The molecule has 0 unspecified atom stereocenters. The molecule has 1 aromatic heterocycles. The number of nitrogens with zero attached hydrogens (tertiary/aromatic N) is 1. The van der Waals surface area contributed by atoms with E-state index in [2.05, 4.69) is 0 Å². The number of rotatable bonds is 8. The molecule has 0 saturated carbocycles. The Hall–Kier alpha value is -3.54. The zero-order valence-electron chi connectivity index (χ0n) is 15.8. The van der Waals surface area contributed by atoms with Crippen molar-refractivity contribution < 1.29 is 18.8 Å². The fourth-order valence-corrected chi connectivity index (χ4v) is 2.73. The van der Waals surface area contributed by atoms with Gasteiger partial charge in [-0.3, -0.25) is 10.1 Å². The van der Waals surface area contributed by atoms with E-state index in [1.165, 1.54) is 6.08 Å². The van der Waals surface area contributed by atoms with Crippen LogP contribution >= 0.6 is 0 Å². The number of furan rings is 1. The minimum atomic E-state index is -0.422. The molecule has 0 spiro atoms. The molecule has 6 heteroatoms. The molecule has 6 nitrogen and oxygen atoms in total. The highest BCUT2D eigenvalue weighted by atomic mass is 16.6. The monoisotopic (exact) mass is 379 g/mol. The van der Waals surface area contributed by atoms with Crippen molar-refractivity contribution in [3.8, 4) is 22.8 Å². The summed E-state index contributed by atoms with van der Waals surface area (Å²) in [6.45, 7) is 4.95. The van der Waals surface area contributed by atoms with Crippen LogP contribution in [0, 0.1) is 10.1 Å². The molecule has 0 N–H and O–H groups in total. The zero-order valence-corrected chi connectivity index (χ0v) is 15.8. The molecule has 28 heavy (non-hydrogen) atoms. The van der Waals surface area contributed by atoms with E-state index in [0.29, 0.717) is 36.0 Å². The smallest absolute Gasteiger partial charge is 0.280 e. The predicted molar refractivity (Wildman–Crippen MR) is 108 cm³/mol. The van der Waals surface area contributed by atoms with Crippen LogP contribution in [0.25, 0.3) is 23.1 Å². The van der Waals surface area contributed by atoms with Gasteiger partial charge in [-0.1, -0.05) is 0 Å². The second-order valence-electron chi connectivity index (χ2n) is 5.90. The lowest BCUT2D eigenvalue weighted by molar-refractivity contribution is -0.374. The van der Waals surface area contributed by atoms with Gasteiger partial charge in [-0.25, -0.2) is 0 Å². The van der Waals surface area contributed by atoms with Gasteiger partial charge in [0.2, 0.25) is 0 Å². The Morgan fingerprint density at radius 2 is 1.50 bits per heavy atom. The van der Waals surface area contributed by atoms with E-state index in [-0.39, 0.29) is 5.70 Å². The SMILES string of the molecule is CCOc1ccc(C(=Cc2ccc(-c3ccc(OCC)cc3)o2)[N+](=O)[O-])cc1. The van der Waals surface area contributed by atoms with E-state index in [4.69, 9.17) is 13.9 Å². The first kappa shape index (κ1) is 19.2. The average molecular weight is 379 g/mol. The van der Waals surface area contributed by atoms with E-state index < -0.39 is 4.92 Å². The Morgan fingerprint density at radius 3 is 2.04 bits per heavy atom. The summed E-state index contributed by atoms with van der Waals surface area (Å²) in [5, 5.41) is 11.5. The van der Waals surface area contributed by atoms with Gasteiger partial charge in [0.15, 0.2) is 0 Å². The lowest BCUT2D eigenvalue weighted by atomic mass is 10.1. The molecule has 0 fully saturated rings. The molecule has 0 aliphatic carbocycles. The van der Waals surface area contributed by atoms with Gasteiger partial charge in [-0.2, -0.15) is 0 Å². The van der Waals surface area contributed by atoms with E-state index in [0.717, 1.165) is 11.3 Å². The van der Waals surface area contributed by atoms with E-state index >= 15 is 0 Å². The third-order valence-electron chi connectivity index (χ3n) is 4.01. The molecule has 0 amide bonds. The Labute approximate surface area is 163 Å². The highest BCUT2D eigenvalue weighted by molar-refractivity contribution is 5.75. The maximum absolute atomic E-state index is 11.5. The standard InChI is InChI=1S/C22H21NO5/c1-3-26-18-9-5-16(6-10-18)21(23(24)25)15-20-13-14-22(28-20)17-7-11-19(12-8-17)27-4-2/h5-15H,3-4H2,1-2H3. The number of ether oxygens (including phenoxy) is 2.